The third-order valence-corrected chi connectivity index (χ3v) is 5.57. The monoisotopic (exact) mass is 341 g/mol. The zero-order valence-electron chi connectivity index (χ0n) is 15.1. The lowest BCUT2D eigenvalue weighted by atomic mass is 9.89. The number of rotatable bonds is 4. The van der Waals surface area contributed by atoms with Gasteiger partial charge in [0, 0.05) is 64.1 Å². The second-order valence-electron chi connectivity index (χ2n) is 7.56. The summed E-state index contributed by atoms with van der Waals surface area (Å²) in [5, 5.41) is 8.05. The van der Waals surface area contributed by atoms with Crippen molar-refractivity contribution in [3.8, 4) is 0 Å². The zero-order chi connectivity index (χ0) is 15.7. The molecule has 0 amide bonds. The molecule has 3 rings (SSSR count). The number of nitrogens with one attached hydrogen (secondary N) is 1. The van der Waals surface area contributed by atoms with Crippen LogP contribution in [0.5, 0.6) is 0 Å². The molecule has 1 unspecified atom stereocenters. The van der Waals surface area contributed by atoms with E-state index in [9.17, 15) is 0 Å². The Morgan fingerprint density at radius 1 is 1.13 bits per heavy atom. The molecule has 23 heavy (non-hydrogen) atoms. The fraction of sp³-hybridized carbons (Fsp3) is 0.824. The minimum Gasteiger partial charge on any atom is -0.316 e. The predicted molar refractivity (Wildman–Crippen MR) is 97.2 cm³/mol. The summed E-state index contributed by atoms with van der Waals surface area (Å²) in [6.07, 6.45) is 1.32. The van der Waals surface area contributed by atoms with Gasteiger partial charge in [-0.25, -0.2) is 0 Å². The summed E-state index contributed by atoms with van der Waals surface area (Å²) in [6, 6.07) is 0. The van der Waals surface area contributed by atoms with Gasteiger partial charge in [0.05, 0.1) is 5.69 Å². The third-order valence-electron chi connectivity index (χ3n) is 5.57. The van der Waals surface area contributed by atoms with Gasteiger partial charge in [-0.1, -0.05) is 6.92 Å². The van der Waals surface area contributed by atoms with Crippen molar-refractivity contribution in [1.29, 1.82) is 0 Å². The van der Waals surface area contributed by atoms with E-state index in [1.165, 1.54) is 69.2 Å². The SMILES string of the molecule is Cc1nn(C)c(C)c1CN1CCN(CC2(C)CCNC2)CC1.Cl. The zero-order valence-corrected chi connectivity index (χ0v) is 15.9. The number of aromatic nitrogens is 2. The van der Waals surface area contributed by atoms with Gasteiger partial charge in [-0.05, 0) is 32.2 Å². The Bertz CT molecular complexity index is 513. The second kappa shape index (κ2) is 7.51. The van der Waals surface area contributed by atoms with Crippen LogP contribution in [0.4, 0.5) is 0 Å². The van der Waals surface area contributed by atoms with Crippen molar-refractivity contribution in [2.24, 2.45) is 12.5 Å². The normalized spacial score (nSPS) is 26.4. The van der Waals surface area contributed by atoms with Gasteiger partial charge in [-0.3, -0.25) is 9.58 Å². The number of nitrogens with zero attached hydrogens (tertiary/aromatic N) is 4. The first-order valence-corrected chi connectivity index (χ1v) is 8.61. The minimum absolute atomic E-state index is 0. The molecule has 0 aliphatic carbocycles. The Labute approximate surface area is 146 Å². The molecule has 6 heteroatoms. The molecule has 2 aliphatic rings. The van der Waals surface area contributed by atoms with Crippen LogP contribution in [0.15, 0.2) is 0 Å². The summed E-state index contributed by atoms with van der Waals surface area (Å²) in [5.74, 6) is 0. The summed E-state index contributed by atoms with van der Waals surface area (Å²) in [4.78, 5) is 5.25. The van der Waals surface area contributed by atoms with Crippen LogP contribution in [0.25, 0.3) is 0 Å². The molecule has 1 N–H and O–H groups in total. The van der Waals surface area contributed by atoms with Gasteiger partial charge in [0.2, 0.25) is 0 Å². The van der Waals surface area contributed by atoms with E-state index in [2.05, 4.69) is 41.0 Å². The van der Waals surface area contributed by atoms with Crippen LogP contribution in [-0.2, 0) is 13.6 Å². The van der Waals surface area contributed by atoms with E-state index in [1.54, 1.807) is 0 Å². The first-order valence-electron chi connectivity index (χ1n) is 8.61. The van der Waals surface area contributed by atoms with Crippen molar-refractivity contribution in [2.45, 2.75) is 33.7 Å². The minimum atomic E-state index is 0. The first kappa shape index (κ1) is 18.7. The fourth-order valence-corrected chi connectivity index (χ4v) is 3.92. The summed E-state index contributed by atoms with van der Waals surface area (Å²) >= 11 is 0. The van der Waals surface area contributed by atoms with Crippen LogP contribution in [0.2, 0.25) is 0 Å². The van der Waals surface area contributed by atoms with E-state index in [0.29, 0.717) is 5.41 Å². The van der Waals surface area contributed by atoms with Gasteiger partial charge < -0.3 is 10.2 Å². The average Bonchev–Trinajstić information content (AvgIpc) is 3.00. The lowest BCUT2D eigenvalue weighted by Gasteiger charge is -2.38. The fourth-order valence-electron chi connectivity index (χ4n) is 3.92. The molecule has 3 heterocycles. The molecular weight excluding hydrogens is 310 g/mol. The van der Waals surface area contributed by atoms with Crippen molar-refractivity contribution in [3.63, 3.8) is 0 Å². The maximum Gasteiger partial charge on any atom is 0.0641 e. The van der Waals surface area contributed by atoms with E-state index < -0.39 is 0 Å². The number of piperazine rings is 1. The number of aryl methyl sites for hydroxylation is 2. The van der Waals surface area contributed by atoms with Gasteiger partial charge in [0.1, 0.15) is 0 Å². The van der Waals surface area contributed by atoms with Crippen LogP contribution < -0.4 is 5.32 Å². The van der Waals surface area contributed by atoms with E-state index in [1.807, 2.05) is 11.7 Å². The molecule has 0 spiro atoms. The molecule has 2 aliphatic heterocycles. The predicted octanol–water partition coefficient (Wildman–Crippen LogP) is 1.58. The molecule has 2 saturated heterocycles. The molecule has 0 aromatic carbocycles. The first-order chi connectivity index (χ1) is 10.5. The molecule has 1 atom stereocenters. The maximum absolute atomic E-state index is 4.54. The molecule has 0 radical (unpaired) electrons. The lowest BCUT2D eigenvalue weighted by molar-refractivity contribution is 0.0931. The summed E-state index contributed by atoms with van der Waals surface area (Å²) < 4.78 is 2.01. The topological polar surface area (TPSA) is 36.3 Å². The number of hydrogen-bond acceptors (Lipinski definition) is 4. The Morgan fingerprint density at radius 3 is 2.30 bits per heavy atom. The Kier molecular flexibility index (Phi) is 6.11. The van der Waals surface area contributed by atoms with E-state index in [0.717, 1.165) is 6.54 Å². The van der Waals surface area contributed by atoms with Gasteiger partial charge in [-0.15, -0.1) is 12.4 Å². The molecule has 0 saturated carbocycles. The molecule has 132 valence electrons. The summed E-state index contributed by atoms with van der Waals surface area (Å²) in [5.41, 5.74) is 4.40. The van der Waals surface area contributed by atoms with Gasteiger partial charge >= 0.3 is 0 Å². The van der Waals surface area contributed by atoms with E-state index >= 15 is 0 Å². The number of hydrogen-bond donors (Lipinski definition) is 1. The van der Waals surface area contributed by atoms with Crippen LogP contribution in [0.3, 0.4) is 0 Å². The average molecular weight is 342 g/mol. The second-order valence-corrected chi connectivity index (χ2v) is 7.56. The third kappa shape index (κ3) is 4.27. The van der Waals surface area contributed by atoms with Crippen LogP contribution in [0.1, 0.15) is 30.3 Å². The summed E-state index contributed by atoms with van der Waals surface area (Å²) in [7, 11) is 2.04. The van der Waals surface area contributed by atoms with Crippen molar-refractivity contribution in [1.82, 2.24) is 24.9 Å². The van der Waals surface area contributed by atoms with Crippen molar-refractivity contribution >= 4 is 12.4 Å². The van der Waals surface area contributed by atoms with Gasteiger partial charge in [0.15, 0.2) is 0 Å². The highest BCUT2D eigenvalue weighted by atomic mass is 35.5. The molecular formula is C17H32ClN5. The van der Waals surface area contributed by atoms with E-state index in [-0.39, 0.29) is 12.4 Å². The van der Waals surface area contributed by atoms with Crippen molar-refractivity contribution < 1.29 is 0 Å². The van der Waals surface area contributed by atoms with Crippen molar-refractivity contribution in [3.05, 3.63) is 17.0 Å². The number of halogens is 1. The molecule has 1 aromatic heterocycles. The van der Waals surface area contributed by atoms with Gasteiger partial charge in [-0.2, -0.15) is 5.10 Å². The highest BCUT2D eigenvalue weighted by molar-refractivity contribution is 5.85. The Balaban J connectivity index is 0.00000192. The lowest BCUT2D eigenvalue weighted by Crippen LogP contribution is -2.49. The standard InChI is InChI=1S/C17H31N5.ClH/c1-14-16(15(2)20(4)19-14)11-21-7-9-22(10-8-21)13-17(3)5-6-18-12-17;/h18H,5-13H2,1-4H3;1H. The Hall–Kier alpha value is -0.620. The largest absolute Gasteiger partial charge is 0.316 e. The van der Waals surface area contributed by atoms with Crippen LogP contribution in [0, 0.1) is 19.3 Å². The maximum atomic E-state index is 4.54. The molecule has 0 bridgehead atoms. The summed E-state index contributed by atoms with van der Waals surface area (Å²) in [6.45, 7) is 16.2. The van der Waals surface area contributed by atoms with Gasteiger partial charge in [0.25, 0.3) is 0 Å². The highest BCUT2D eigenvalue weighted by Gasteiger charge is 2.31. The Morgan fingerprint density at radius 2 is 1.78 bits per heavy atom. The molecule has 1 aromatic rings. The molecule has 5 nitrogen and oxygen atoms in total. The molecule has 2 fully saturated rings. The van der Waals surface area contributed by atoms with E-state index in [4.69, 9.17) is 0 Å². The highest BCUT2D eigenvalue weighted by Crippen LogP contribution is 2.26. The van der Waals surface area contributed by atoms with Crippen molar-refractivity contribution in [2.75, 3.05) is 45.8 Å². The smallest absolute Gasteiger partial charge is 0.0641 e. The van der Waals surface area contributed by atoms with Crippen LogP contribution >= 0.6 is 12.4 Å². The quantitative estimate of drug-likeness (QED) is 0.902. The van der Waals surface area contributed by atoms with Crippen LogP contribution in [-0.4, -0.2) is 65.4 Å².